The standard InChI is InChI=1S/C22H31N3O4.HI/c1-23-22(25(2)13-14-29-17-9-7-6-8-10-17)24-12-11-19-20(27-4)15-18(26-3)16-21(19)28-5;/h6-10,15-16H,11-14H2,1-5H3,(H,23,24);1H. The quantitative estimate of drug-likeness (QED) is 0.289. The van der Waals surface area contributed by atoms with Crippen LogP contribution in [-0.4, -0.2) is 66.0 Å². The van der Waals surface area contributed by atoms with Crippen molar-refractivity contribution < 1.29 is 18.9 Å². The molecule has 8 heteroatoms. The molecule has 0 aliphatic carbocycles. The third-order valence-corrected chi connectivity index (χ3v) is 4.49. The molecule has 0 amide bonds. The molecule has 0 fully saturated rings. The smallest absolute Gasteiger partial charge is 0.193 e. The van der Waals surface area contributed by atoms with Gasteiger partial charge in [0.05, 0.1) is 27.9 Å². The number of hydrogen-bond donors (Lipinski definition) is 1. The van der Waals surface area contributed by atoms with E-state index in [0.29, 0.717) is 31.9 Å². The summed E-state index contributed by atoms with van der Waals surface area (Å²) >= 11 is 0. The molecule has 2 aromatic rings. The van der Waals surface area contributed by atoms with Gasteiger partial charge in [-0.2, -0.15) is 0 Å². The third-order valence-electron chi connectivity index (χ3n) is 4.49. The van der Waals surface area contributed by atoms with E-state index in [1.54, 1.807) is 28.4 Å². The highest BCUT2D eigenvalue weighted by Crippen LogP contribution is 2.34. The molecule has 0 aromatic heterocycles. The molecule has 0 saturated heterocycles. The SMILES string of the molecule is CN=C(NCCc1c(OC)cc(OC)cc1OC)N(C)CCOc1ccccc1.I. The summed E-state index contributed by atoms with van der Waals surface area (Å²) in [6.45, 7) is 1.96. The van der Waals surface area contributed by atoms with Crippen molar-refractivity contribution in [2.75, 3.05) is 55.1 Å². The number of hydrogen-bond acceptors (Lipinski definition) is 5. The van der Waals surface area contributed by atoms with E-state index in [1.807, 2.05) is 54.4 Å². The van der Waals surface area contributed by atoms with Gasteiger partial charge in [-0.25, -0.2) is 0 Å². The summed E-state index contributed by atoms with van der Waals surface area (Å²) in [5.74, 6) is 3.84. The second-order valence-electron chi connectivity index (χ2n) is 6.32. The van der Waals surface area contributed by atoms with Crippen molar-refractivity contribution in [2.24, 2.45) is 4.99 Å². The van der Waals surface area contributed by atoms with E-state index in [-0.39, 0.29) is 24.0 Å². The van der Waals surface area contributed by atoms with Gasteiger partial charge in [0.15, 0.2) is 5.96 Å². The number of ether oxygens (including phenoxy) is 4. The van der Waals surface area contributed by atoms with E-state index >= 15 is 0 Å². The first-order chi connectivity index (χ1) is 14.1. The Morgan fingerprint density at radius 2 is 1.60 bits per heavy atom. The van der Waals surface area contributed by atoms with E-state index < -0.39 is 0 Å². The first kappa shape index (κ1) is 25.7. The second-order valence-corrected chi connectivity index (χ2v) is 6.32. The predicted octanol–water partition coefficient (Wildman–Crippen LogP) is 3.46. The Labute approximate surface area is 196 Å². The minimum atomic E-state index is 0. The van der Waals surface area contributed by atoms with Crippen molar-refractivity contribution in [2.45, 2.75) is 6.42 Å². The van der Waals surface area contributed by atoms with Crippen molar-refractivity contribution in [3.8, 4) is 23.0 Å². The van der Waals surface area contributed by atoms with Crippen LogP contribution in [0.15, 0.2) is 47.5 Å². The maximum absolute atomic E-state index is 5.76. The zero-order valence-electron chi connectivity index (χ0n) is 18.3. The molecule has 0 saturated carbocycles. The summed E-state index contributed by atoms with van der Waals surface area (Å²) in [7, 11) is 8.66. The molecule has 0 aliphatic heterocycles. The number of aliphatic imine (C=N–C) groups is 1. The van der Waals surface area contributed by atoms with E-state index in [1.165, 1.54) is 0 Å². The molecular formula is C22H32IN3O4. The van der Waals surface area contributed by atoms with Gasteiger partial charge in [-0.15, -0.1) is 24.0 Å². The molecule has 0 unspecified atom stereocenters. The number of likely N-dealkylation sites (N-methyl/N-ethyl adjacent to an activating group) is 1. The Morgan fingerprint density at radius 3 is 2.13 bits per heavy atom. The number of guanidine groups is 1. The van der Waals surface area contributed by atoms with Crippen LogP contribution >= 0.6 is 24.0 Å². The van der Waals surface area contributed by atoms with E-state index in [0.717, 1.165) is 28.8 Å². The number of nitrogens with one attached hydrogen (secondary N) is 1. The van der Waals surface area contributed by atoms with Crippen LogP contribution in [0.25, 0.3) is 0 Å². The molecule has 0 atom stereocenters. The Balaban J connectivity index is 0.00000450. The Morgan fingerprint density at radius 1 is 0.967 bits per heavy atom. The first-order valence-electron chi connectivity index (χ1n) is 9.51. The van der Waals surface area contributed by atoms with Crippen molar-refractivity contribution in [3.63, 3.8) is 0 Å². The van der Waals surface area contributed by atoms with Crippen LogP contribution in [0, 0.1) is 0 Å². The largest absolute Gasteiger partial charge is 0.496 e. The molecule has 30 heavy (non-hydrogen) atoms. The Hall–Kier alpha value is -2.36. The minimum Gasteiger partial charge on any atom is -0.496 e. The molecule has 0 heterocycles. The highest BCUT2D eigenvalue weighted by molar-refractivity contribution is 14.0. The first-order valence-corrected chi connectivity index (χ1v) is 9.51. The molecule has 0 radical (unpaired) electrons. The number of methoxy groups -OCH3 is 3. The van der Waals surface area contributed by atoms with Crippen LogP contribution in [0.4, 0.5) is 0 Å². The molecule has 7 nitrogen and oxygen atoms in total. The lowest BCUT2D eigenvalue weighted by molar-refractivity contribution is 0.281. The van der Waals surface area contributed by atoms with Crippen LogP contribution in [-0.2, 0) is 6.42 Å². The molecule has 0 bridgehead atoms. The summed E-state index contributed by atoms with van der Waals surface area (Å²) in [6, 6.07) is 13.5. The average Bonchev–Trinajstić information content (AvgIpc) is 2.76. The molecule has 0 aliphatic rings. The zero-order valence-corrected chi connectivity index (χ0v) is 20.6. The number of rotatable bonds is 10. The summed E-state index contributed by atoms with van der Waals surface area (Å²) < 4.78 is 22.1. The lowest BCUT2D eigenvalue weighted by Gasteiger charge is -2.22. The van der Waals surface area contributed by atoms with Gasteiger partial charge in [0.2, 0.25) is 0 Å². The van der Waals surface area contributed by atoms with Crippen LogP contribution in [0.5, 0.6) is 23.0 Å². The number of para-hydroxylation sites is 1. The van der Waals surface area contributed by atoms with Gasteiger partial charge >= 0.3 is 0 Å². The monoisotopic (exact) mass is 529 g/mol. The fourth-order valence-corrected chi connectivity index (χ4v) is 2.93. The summed E-state index contributed by atoms with van der Waals surface area (Å²) in [6.07, 6.45) is 0.712. The number of halogens is 1. The molecule has 166 valence electrons. The topological polar surface area (TPSA) is 64.6 Å². The van der Waals surface area contributed by atoms with Gasteiger partial charge in [-0.3, -0.25) is 4.99 Å². The lowest BCUT2D eigenvalue weighted by atomic mass is 10.1. The third kappa shape index (κ3) is 7.47. The summed E-state index contributed by atoms with van der Waals surface area (Å²) in [5, 5.41) is 3.38. The second kappa shape index (κ2) is 13.8. The van der Waals surface area contributed by atoms with Crippen molar-refractivity contribution in [1.29, 1.82) is 0 Å². The van der Waals surface area contributed by atoms with Gasteiger partial charge < -0.3 is 29.2 Å². The molecule has 0 spiro atoms. The summed E-state index contributed by atoms with van der Waals surface area (Å²) in [4.78, 5) is 6.38. The van der Waals surface area contributed by atoms with Crippen molar-refractivity contribution >= 4 is 29.9 Å². The average molecular weight is 529 g/mol. The van der Waals surface area contributed by atoms with E-state index in [9.17, 15) is 0 Å². The van der Waals surface area contributed by atoms with E-state index in [2.05, 4.69) is 10.3 Å². The normalized spacial score (nSPS) is 10.6. The number of nitrogens with zero attached hydrogens (tertiary/aromatic N) is 2. The van der Waals surface area contributed by atoms with Gasteiger partial charge in [0.25, 0.3) is 0 Å². The van der Waals surface area contributed by atoms with Crippen molar-refractivity contribution in [1.82, 2.24) is 10.2 Å². The molecule has 2 rings (SSSR count). The lowest BCUT2D eigenvalue weighted by Crippen LogP contribution is -2.41. The Bertz CT molecular complexity index is 762. The van der Waals surface area contributed by atoms with Gasteiger partial charge in [0, 0.05) is 38.3 Å². The predicted molar refractivity (Wildman–Crippen MR) is 131 cm³/mol. The fourth-order valence-electron chi connectivity index (χ4n) is 2.93. The van der Waals surface area contributed by atoms with Gasteiger partial charge in [0.1, 0.15) is 29.6 Å². The Kier molecular flexibility index (Phi) is 11.8. The van der Waals surface area contributed by atoms with Gasteiger partial charge in [-0.05, 0) is 18.6 Å². The van der Waals surface area contributed by atoms with Crippen LogP contribution in [0.2, 0.25) is 0 Å². The number of benzene rings is 2. The zero-order chi connectivity index (χ0) is 21.1. The van der Waals surface area contributed by atoms with Crippen LogP contribution in [0.3, 0.4) is 0 Å². The summed E-state index contributed by atoms with van der Waals surface area (Å²) in [5.41, 5.74) is 0.980. The van der Waals surface area contributed by atoms with Crippen LogP contribution in [0.1, 0.15) is 5.56 Å². The molecule has 2 aromatic carbocycles. The van der Waals surface area contributed by atoms with Gasteiger partial charge in [-0.1, -0.05) is 18.2 Å². The highest BCUT2D eigenvalue weighted by Gasteiger charge is 2.14. The highest BCUT2D eigenvalue weighted by atomic mass is 127. The minimum absolute atomic E-state index is 0. The maximum Gasteiger partial charge on any atom is 0.193 e. The van der Waals surface area contributed by atoms with E-state index in [4.69, 9.17) is 18.9 Å². The van der Waals surface area contributed by atoms with Crippen molar-refractivity contribution in [3.05, 3.63) is 48.0 Å². The molecular weight excluding hydrogens is 497 g/mol. The maximum atomic E-state index is 5.76. The van der Waals surface area contributed by atoms with Crippen LogP contribution < -0.4 is 24.3 Å². The molecule has 1 N–H and O–H groups in total. The fraction of sp³-hybridized carbons (Fsp3) is 0.409.